The van der Waals surface area contributed by atoms with Crippen molar-refractivity contribution in [3.05, 3.63) is 36.0 Å². The van der Waals surface area contributed by atoms with Crippen LogP contribution in [-0.4, -0.2) is 70.0 Å². The summed E-state index contributed by atoms with van der Waals surface area (Å²) in [6, 6.07) is 3.71. The van der Waals surface area contributed by atoms with Gasteiger partial charge in [-0.25, -0.2) is 4.79 Å². The van der Waals surface area contributed by atoms with E-state index in [2.05, 4.69) is 20.9 Å². The number of amides is 3. The highest BCUT2D eigenvalue weighted by Crippen LogP contribution is 2.19. The summed E-state index contributed by atoms with van der Waals surface area (Å²) < 4.78 is 0. The van der Waals surface area contributed by atoms with Gasteiger partial charge in [-0.05, 0) is 41.9 Å². The first-order chi connectivity index (χ1) is 18.0. The van der Waals surface area contributed by atoms with Crippen LogP contribution in [0.25, 0.3) is 10.9 Å². The minimum Gasteiger partial charge on any atom is -0.480 e. The van der Waals surface area contributed by atoms with Crippen LogP contribution in [0.4, 0.5) is 0 Å². The summed E-state index contributed by atoms with van der Waals surface area (Å²) in [4.78, 5) is 54.4. The average molecular weight is 548 g/mol. The van der Waals surface area contributed by atoms with E-state index in [0.29, 0.717) is 12.2 Å². The molecule has 0 saturated heterocycles. The number of aliphatic carboxylic acids is 1. The molecule has 0 fully saturated rings. The van der Waals surface area contributed by atoms with Crippen LogP contribution in [0.15, 0.2) is 30.5 Å². The first kappa shape index (κ1) is 31.2. The van der Waals surface area contributed by atoms with E-state index < -0.39 is 47.9 Å². The zero-order valence-corrected chi connectivity index (χ0v) is 23.6. The van der Waals surface area contributed by atoms with Gasteiger partial charge in [0.2, 0.25) is 17.7 Å². The van der Waals surface area contributed by atoms with Crippen LogP contribution in [0.3, 0.4) is 0 Å². The number of H-pyrrole nitrogens is 1. The van der Waals surface area contributed by atoms with E-state index in [0.717, 1.165) is 16.5 Å². The predicted molar refractivity (Wildman–Crippen MR) is 151 cm³/mol. The minimum absolute atomic E-state index is 0.0690. The third kappa shape index (κ3) is 8.49. The van der Waals surface area contributed by atoms with Crippen molar-refractivity contribution in [2.75, 3.05) is 12.0 Å². The summed E-state index contributed by atoms with van der Waals surface area (Å²) in [7, 11) is 0. The van der Waals surface area contributed by atoms with Gasteiger partial charge in [-0.1, -0.05) is 52.3 Å². The second kappa shape index (κ2) is 14.8. The van der Waals surface area contributed by atoms with Crippen molar-refractivity contribution < 1.29 is 24.3 Å². The van der Waals surface area contributed by atoms with Gasteiger partial charge >= 0.3 is 5.97 Å². The highest BCUT2D eigenvalue weighted by Gasteiger charge is 2.32. The number of nitrogens with two attached hydrogens (primary N) is 1. The van der Waals surface area contributed by atoms with Gasteiger partial charge in [-0.2, -0.15) is 11.8 Å². The number of carbonyl (C=O) groups is 4. The Labute approximate surface area is 228 Å². The summed E-state index contributed by atoms with van der Waals surface area (Å²) >= 11 is 1.48. The molecule has 0 aliphatic carbocycles. The molecule has 0 bridgehead atoms. The highest BCUT2D eigenvalue weighted by molar-refractivity contribution is 7.98. The highest BCUT2D eigenvalue weighted by atomic mass is 32.2. The molecule has 2 rings (SSSR count). The number of fused-ring (bicyclic) bond motifs is 1. The smallest absolute Gasteiger partial charge is 0.326 e. The SMILES string of the molecule is CCC(C)C(N)C(=O)NC(C(=O)NC(Cc1c[nH]c2ccccc12)C(=O)NC(CCSC)C(=O)O)C(C)C. The molecule has 1 heterocycles. The summed E-state index contributed by atoms with van der Waals surface area (Å²) in [5.41, 5.74) is 7.74. The lowest BCUT2D eigenvalue weighted by atomic mass is 9.97. The molecule has 0 spiro atoms. The van der Waals surface area contributed by atoms with Gasteiger partial charge in [-0.3, -0.25) is 14.4 Å². The molecule has 1 aromatic heterocycles. The molecule has 0 saturated carbocycles. The Balaban J connectivity index is 2.30. The lowest BCUT2D eigenvalue weighted by Crippen LogP contribution is -2.59. The first-order valence-corrected chi connectivity index (χ1v) is 14.3. The lowest BCUT2D eigenvalue weighted by Gasteiger charge is -2.28. The fraction of sp³-hybridized carbons (Fsp3) is 0.556. The van der Waals surface area contributed by atoms with Gasteiger partial charge in [0.05, 0.1) is 6.04 Å². The van der Waals surface area contributed by atoms with Crippen molar-refractivity contribution in [3.8, 4) is 0 Å². The van der Waals surface area contributed by atoms with E-state index in [9.17, 15) is 24.3 Å². The molecule has 5 atom stereocenters. The number of benzene rings is 1. The van der Waals surface area contributed by atoms with Gasteiger partial charge in [-0.15, -0.1) is 0 Å². The van der Waals surface area contributed by atoms with Gasteiger partial charge in [0.25, 0.3) is 0 Å². The van der Waals surface area contributed by atoms with Crippen molar-refractivity contribution in [1.82, 2.24) is 20.9 Å². The predicted octanol–water partition coefficient (Wildman–Crippen LogP) is 2.03. The Morgan fingerprint density at radius 1 is 1.00 bits per heavy atom. The Bertz CT molecular complexity index is 1100. The summed E-state index contributed by atoms with van der Waals surface area (Å²) in [5, 5.41) is 18.6. The van der Waals surface area contributed by atoms with Gasteiger partial charge < -0.3 is 31.8 Å². The third-order valence-electron chi connectivity index (χ3n) is 6.76. The average Bonchev–Trinajstić information content (AvgIpc) is 3.30. The van der Waals surface area contributed by atoms with Crippen LogP contribution in [-0.2, 0) is 25.6 Å². The Morgan fingerprint density at radius 2 is 1.66 bits per heavy atom. The maximum absolute atomic E-state index is 13.4. The Kier molecular flexibility index (Phi) is 12.1. The number of hydrogen-bond donors (Lipinski definition) is 6. The van der Waals surface area contributed by atoms with Crippen molar-refractivity contribution in [3.63, 3.8) is 0 Å². The third-order valence-corrected chi connectivity index (χ3v) is 7.41. The second-order valence-electron chi connectivity index (χ2n) is 9.95. The maximum Gasteiger partial charge on any atom is 0.326 e. The second-order valence-corrected chi connectivity index (χ2v) is 10.9. The number of hydrogen-bond acceptors (Lipinski definition) is 6. The number of para-hydroxylation sites is 1. The molecule has 0 radical (unpaired) electrons. The molecule has 38 heavy (non-hydrogen) atoms. The summed E-state index contributed by atoms with van der Waals surface area (Å²) in [6.45, 7) is 7.38. The number of rotatable bonds is 15. The van der Waals surface area contributed by atoms with E-state index >= 15 is 0 Å². The zero-order chi connectivity index (χ0) is 28.4. The first-order valence-electron chi connectivity index (χ1n) is 12.9. The standard InChI is InChI=1S/C27H41N5O5S/c1-6-16(4)22(28)25(34)32-23(15(2)3)26(35)31-21(24(33)30-20(27(36)37)11-12-38-5)13-17-14-29-19-10-8-7-9-18(17)19/h7-10,14-16,20-23,29H,6,11-13,28H2,1-5H3,(H,30,33)(H,31,35)(H,32,34)(H,36,37). The van der Waals surface area contributed by atoms with Crippen LogP contribution < -0.4 is 21.7 Å². The van der Waals surface area contributed by atoms with Crippen LogP contribution in [0.1, 0.15) is 46.1 Å². The van der Waals surface area contributed by atoms with Crippen LogP contribution >= 0.6 is 11.8 Å². The Hall–Kier alpha value is -3.05. The molecule has 0 aliphatic heterocycles. The number of thioether (sulfide) groups is 1. The molecule has 3 amide bonds. The fourth-order valence-electron chi connectivity index (χ4n) is 4.05. The number of carbonyl (C=O) groups excluding carboxylic acids is 3. The lowest BCUT2D eigenvalue weighted by molar-refractivity contribution is -0.142. The molecule has 10 nitrogen and oxygen atoms in total. The summed E-state index contributed by atoms with van der Waals surface area (Å²) in [5.74, 6) is -2.53. The van der Waals surface area contributed by atoms with Crippen LogP contribution in [0.5, 0.6) is 0 Å². The molecule has 11 heteroatoms. The van der Waals surface area contributed by atoms with Crippen molar-refractivity contribution in [1.29, 1.82) is 0 Å². The molecule has 1 aromatic carbocycles. The molecule has 210 valence electrons. The van der Waals surface area contributed by atoms with Crippen molar-refractivity contribution in [2.24, 2.45) is 17.6 Å². The molecular formula is C27H41N5O5S. The Morgan fingerprint density at radius 3 is 2.26 bits per heavy atom. The largest absolute Gasteiger partial charge is 0.480 e. The monoisotopic (exact) mass is 547 g/mol. The van der Waals surface area contributed by atoms with Crippen molar-refractivity contribution >= 4 is 46.4 Å². The van der Waals surface area contributed by atoms with Gasteiger partial charge in [0, 0.05) is 23.5 Å². The quantitative estimate of drug-likeness (QED) is 0.198. The normalized spacial score (nSPS) is 15.3. The van der Waals surface area contributed by atoms with E-state index in [1.165, 1.54) is 11.8 Å². The topological polar surface area (TPSA) is 166 Å². The van der Waals surface area contributed by atoms with Crippen LogP contribution in [0.2, 0.25) is 0 Å². The van der Waals surface area contributed by atoms with E-state index in [1.807, 2.05) is 44.4 Å². The molecular weight excluding hydrogens is 506 g/mol. The molecule has 2 aromatic rings. The fourth-order valence-corrected chi connectivity index (χ4v) is 4.52. The number of carboxylic acid groups (broad SMARTS) is 1. The number of aromatic nitrogens is 1. The maximum atomic E-state index is 13.4. The molecule has 7 N–H and O–H groups in total. The summed E-state index contributed by atoms with van der Waals surface area (Å²) in [6.07, 6.45) is 4.71. The van der Waals surface area contributed by atoms with Gasteiger partial charge in [0.1, 0.15) is 18.1 Å². The van der Waals surface area contributed by atoms with E-state index in [1.54, 1.807) is 20.0 Å². The number of aromatic amines is 1. The molecule has 0 aliphatic rings. The van der Waals surface area contributed by atoms with E-state index in [-0.39, 0.29) is 24.7 Å². The van der Waals surface area contributed by atoms with E-state index in [4.69, 9.17) is 5.73 Å². The van der Waals surface area contributed by atoms with Crippen molar-refractivity contribution in [2.45, 2.75) is 71.1 Å². The minimum atomic E-state index is -1.14. The van der Waals surface area contributed by atoms with Crippen LogP contribution in [0, 0.1) is 11.8 Å². The number of carboxylic acids is 1. The zero-order valence-electron chi connectivity index (χ0n) is 22.7. The number of nitrogens with one attached hydrogen (secondary N) is 4. The van der Waals surface area contributed by atoms with Gasteiger partial charge in [0.15, 0.2) is 0 Å². The molecule has 5 unspecified atom stereocenters.